The monoisotopic (exact) mass is 280 g/mol. The zero-order chi connectivity index (χ0) is 13.1. The standard InChI is InChI=1S/C13H7Cl2FN2/c14-10-5-9(6-11(15)7-10)13-12(16)8(1-3-17)2-4-18-13/h2,4-7H,1H2. The molecule has 0 saturated carbocycles. The van der Waals surface area contributed by atoms with E-state index < -0.39 is 5.82 Å². The molecule has 0 radical (unpaired) electrons. The second kappa shape index (κ2) is 5.34. The lowest BCUT2D eigenvalue weighted by Gasteiger charge is -2.06. The molecule has 90 valence electrons. The Morgan fingerprint density at radius 1 is 1.22 bits per heavy atom. The molecular formula is C13H7Cl2FN2. The molecule has 0 saturated heterocycles. The molecule has 0 aliphatic heterocycles. The number of hydrogen-bond acceptors (Lipinski definition) is 2. The summed E-state index contributed by atoms with van der Waals surface area (Å²) in [6.45, 7) is 0. The van der Waals surface area contributed by atoms with Gasteiger partial charge in [-0.05, 0) is 24.3 Å². The van der Waals surface area contributed by atoms with E-state index in [0.29, 0.717) is 21.2 Å². The molecule has 5 heteroatoms. The van der Waals surface area contributed by atoms with Crippen molar-refractivity contribution in [2.75, 3.05) is 0 Å². The number of nitrogens with zero attached hydrogens (tertiary/aromatic N) is 2. The Kier molecular flexibility index (Phi) is 3.81. The van der Waals surface area contributed by atoms with E-state index in [0.717, 1.165) is 0 Å². The number of hydrogen-bond donors (Lipinski definition) is 0. The zero-order valence-electron chi connectivity index (χ0n) is 9.12. The van der Waals surface area contributed by atoms with Crippen LogP contribution in [0.1, 0.15) is 5.56 Å². The summed E-state index contributed by atoms with van der Waals surface area (Å²) in [6.07, 6.45) is 1.45. The fourth-order valence-electron chi connectivity index (χ4n) is 1.60. The average molecular weight is 281 g/mol. The van der Waals surface area contributed by atoms with E-state index in [2.05, 4.69) is 4.98 Å². The third-order valence-corrected chi connectivity index (χ3v) is 2.81. The molecule has 1 aromatic heterocycles. The third kappa shape index (κ3) is 2.61. The van der Waals surface area contributed by atoms with Crippen molar-refractivity contribution in [1.29, 1.82) is 5.26 Å². The first-order valence-corrected chi connectivity index (χ1v) is 5.84. The predicted molar refractivity (Wildman–Crippen MR) is 69.0 cm³/mol. The van der Waals surface area contributed by atoms with Crippen molar-refractivity contribution in [1.82, 2.24) is 4.98 Å². The molecule has 0 aliphatic carbocycles. The Balaban J connectivity index is 2.57. The quantitative estimate of drug-likeness (QED) is 0.824. The number of nitriles is 1. The van der Waals surface area contributed by atoms with Crippen molar-refractivity contribution in [3.63, 3.8) is 0 Å². The van der Waals surface area contributed by atoms with Crippen molar-refractivity contribution < 1.29 is 4.39 Å². The highest BCUT2D eigenvalue weighted by atomic mass is 35.5. The van der Waals surface area contributed by atoms with Crippen molar-refractivity contribution >= 4 is 23.2 Å². The van der Waals surface area contributed by atoms with E-state index in [1.807, 2.05) is 6.07 Å². The molecule has 18 heavy (non-hydrogen) atoms. The summed E-state index contributed by atoms with van der Waals surface area (Å²) >= 11 is 11.7. The third-order valence-electron chi connectivity index (χ3n) is 2.37. The van der Waals surface area contributed by atoms with Gasteiger partial charge in [0.2, 0.25) is 0 Å². The Morgan fingerprint density at radius 2 is 1.89 bits per heavy atom. The van der Waals surface area contributed by atoms with Crippen LogP contribution in [0.3, 0.4) is 0 Å². The molecule has 2 aromatic rings. The van der Waals surface area contributed by atoms with Crippen LogP contribution in [0.2, 0.25) is 10.0 Å². The highest BCUT2D eigenvalue weighted by Gasteiger charge is 2.12. The van der Waals surface area contributed by atoms with Crippen LogP contribution in [0, 0.1) is 17.1 Å². The number of halogens is 3. The van der Waals surface area contributed by atoms with Crippen LogP contribution in [0.15, 0.2) is 30.5 Å². The van der Waals surface area contributed by atoms with Gasteiger partial charge in [-0.15, -0.1) is 0 Å². The Labute approximate surface area is 114 Å². The first kappa shape index (κ1) is 12.8. The normalized spacial score (nSPS) is 10.1. The molecule has 0 unspecified atom stereocenters. The van der Waals surface area contributed by atoms with Crippen LogP contribution in [-0.2, 0) is 6.42 Å². The molecule has 0 fully saturated rings. The molecule has 1 aromatic carbocycles. The minimum absolute atomic E-state index is 0.00431. The van der Waals surface area contributed by atoms with Crippen molar-refractivity contribution in [2.24, 2.45) is 0 Å². The topological polar surface area (TPSA) is 36.7 Å². The van der Waals surface area contributed by atoms with Gasteiger partial charge in [-0.25, -0.2) is 4.39 Å². The summed E-state index contributed by atoms with van der Waals surface area (Å²) in [5.41, 5.74) is 0.940. The predicted octanol–water partition coefficient (Wildman–Crippen LogP) is 4.26. The van der Waals surface area contributed by atoms with Gasteiger partial charge in [0.05, 0.1) is 12.5 Å². The SMILES string of the molecule is N#CCc1ccnc(-c2cc(Cl)cc(Cl)c2)c1F. The molecule has 2 rings (SSSR count). The summed E-state index contributed by atoms with van der Waals surface area (Å²) in [4.78, 5) is 3.97. The largest absolute Gasteiger partial charge is 0.253 e. The summed E-state index contributed by atoms with van der Waals surface area (Å²) < 4.78 is 14.1. The van der Waals surface area contributed by atoms with Crippen LogP contribution in [-0.4, -0.2) is 4.98 Å². The van der Waals surface area contributed by atoms with Gasteiger partial charge in [0.25, 0.3) is 0 Å². The molecule has 0 spiro atoms. The average Bonchev–Trinajstić information content (AvgIpc) is 2.31. The van der Waals surface area contributed by atoms with Gasteiger partial charge in [-0.2, -0.15) is 5.26 Å². The minimum Gasteiger partial charge on any atom is -0.253 e. The summed E-state index contributed by atoms with van der Waals surface area (Å²) in [6, 6.07) is 8.10. The van der Waals surface area contributed by atoms with Crippen LogP contribution in [0.4, 0.5) is 4.39 Å². The lowest BCUT2D eigenvalue weighted by molar-refractivity contribution is 0.613. The van der Waals surface area contributed by atoms with Gasteiger partial charge in [-0.1, -0.05) is 23.2 Å². The van der Waals surface area contributed by atoms with Gasteiger partial charge in [0, 0.05) is 27.4 Å². The lowest BCUT2D eigenvalue weighted by atomic mass is 10.1. The number of rotatable bonds is 2. The van der Waals surface area contributed by atoms with E-state index in [4.69, 9.17) is 28.5 Å². The second-order valence-electron chi connectivity index (χ2n) is 3.63. The fraction of sp³-hybridized carbons (Fsp3) is 0.0769. The maximum absolute atomic E-state index is 14.1. The second-order valence-corrected chi connectivity index (χ2v) is 4.50. The Hall–Kier alpha value is -1.63. The molecule has 0 N–H and O–H groups in total. The molecule has 0 atom stereocenters. The smallest absolute Gasteiger partial charge is 0.153 e. The van der Waals surface area contributed by atoms with Gasteiger partial charge >= 0.3 is 0 Å². The summed E-state index contributed by atoms with van der Waals surface area (Å²) in [7, 11) is 0. The van der Waals surface area contributed by atoms with Crippen LogP contribution >= 0.6 is 23.2 Å². The van der Waals surface area contributed by atoms with Gasteiger partial charge in [0.1, 0.15) is 5.69 Å². The fourth-order valence-corrected chi connectivity index (χ4v) is 2.12. The first-order chi connectivity index (χ1) is 8.61. The molecule has 0 aliphatic rings. The Morgan fingerprint density at radius 3 is 2.50 bits per heavy atom. The van der Waals surface area contributed by atoms with Crippen molar-refractivity contribution in [3.8, 4) is 17.3 Å². The Bertz CT molecular complexity index is 615. The van der Waals surface area contributed by atoms with E-state index in [-0.39, 0.29) is 12.1 Å². The first-order valence-electron chi connectivity index (χ1n) is 5.08. The summed E-state index contributed by atoms with van der Waals surface area (Å²) in [5.74, 6) is -0.516. The van der Waals surface area contributed by atoms with E-state index >= 15 is 0 Å². The maximum atomic E-state index is 14.1. The minimum atomic E-state index is -0.516. The number of pyridine rings is 1. The van der Waals surface area contributed by atoms with Crippen molar-refractivity contribution in [3.05, 3.63) is 51.9 Å². The summed E-state index contributed by atoms with van der Waals surface area (Å²) in [5, 5.41) is 9.43. The lowest BCUT2D eigenvalue weighted by Crippen LogP contribution is -1.95. The molecular weight excluding hydrogens is 274 g/mol. The highest BCUT2D eigenvalue weighted by Crippen LogP contribution is 2.28. The molecule has 2 nitrogen and oxygen atoms in total. The van der Waals surface area contributed by atoms with Gasteiger partial charge in [-0.3, -0.25) is 4.98 Å². The van der Waals surface area contributed by atoms with E-state index in [9.17, 15) is 4.39 Å². The van der Waals surface area contributed by atoms with Crippen LogP contribution in [0.5, 0.6) is 0 Å². The molecule has 0 bridgehead atoms. The van der Waals surface area contributed by atoms with E-state index in [1.165, 1.54) is 12.3 Å². The van der Waals surface area contributed by atoms with Gasteiger partial charge < -0.3 is 0 Å². The molecule has 1 heterocycles. The highest BCUT2D eigenvalue weighted by molar-refractivity contribution is 6.35. The van der Waals surface area contributed by atoms with E-state index in [1.54, 1.807) is 18.2 Å². The van der Waals surface area contributed by atoms with Gasteiger partial charge in [0.15, 0.2) is 5.82 Å². The van der Waals surface area contributed by atoms with Crippen LogP contribution in [0.25, 0.3) is 11.3 Å². The number of aromatic nitrogens is 1. The van der Waals surface area contributed by atoms with Crippen molar-refractivity contribution in [2.45, 2.75) is 6.42 Å². The zero-order valence-corrected chi connectivity index (χ0v) is 10.6. The number of benzene rings is 1. The molecule has 0 amide bonds. The maximum Gasteiger partial charge on any atom is 0.153 e. The van der Waals surface area contributed by atoms with Crippen LogP contribution < -0.4 is 0 Å².